The van der Waals surface area contributed by atoms with Crippen LogP contribution in [0.4, 0.5) is 0 Å². The molecule has 2 N–H and O–H groups in total. The van der Waals surface area contributed by atoms with Crippen molar-refractivity contribution < 1.29 is 4.79 Å². The molecule has 2 atom stereocenters. The van der Waals surface area contributed by atoms with E-state index in [-0.39, 0.29) is 11.9 Å². The first-order valence-corrected chi connectivity index (χ1v) is 6.56. The molecule has 2 bridgehead atoms. The molecule has 0 aromatic carbocycles. The summed E-state index contributed by atoms with van der Waals surface area (Å²) in [4.78, 5) is 20.2. The van der Waals surface area contributed by atoms with Crippen LogP contribution in [-0.2, 0) is 0 Å². The molecule has 1 aromatic heterocycles. The van der Waals surface area contributed by atoms with E-state index in [9.17, 15) is 4.79 Å². The van der Waals surface area contributed by atoms with E-state index in [1.165, 1.54) is 12.8 Å². The van der Waals surface area contributed by atoms with Gasteiger partial charge in [0.15, 0.2) is 0 Å². The van der Waals surface area contributed by atoms with Crippen LogP contribution in [0.2, 0.25) is 0 Å². The zero-order valence-corrected chi connectivity index (χ0v) is 10.5. The highest BCUT2D eigenvalue weighted by molar-refractivity contribution is 5.92. The summed E-state index contributed by atoms with van der Waals surface area (Å²) in [6.07, 6.45) is 7.70. The second kappa shape index (κ2) is 4.65. The van der Waals surface area contributed by atoms with Crippen molar-refractivity contribution in [3.63, 3.8) is 0 Å². The Kier molecular flexibility index (Phi) is 2.99. The quantitative estimate of drug-likeness (QED) is 0.810. The largest absolute Gasteiger partial charge is 0.348 e. The number of hydrogen-bond donors (Lipinski definition) is 2. The van der Waals surface area contributed by atoms with Gasteiger partial charge in [-0.3, -0.25) is 9.78 Å². The maximum Gasteiger partial charge on any atom is 0.271 e. The predicted octanol–water partition coefficient (Wildman–Crippen LogP) is 0.798. The van der Waals surface area contributed by atoms with Gasteiger partial charge in [0.25, 0.3) is 5.91 Å². The minimum atomic E-state index is -0.103. The molecule has 1 aromatic rings. The number of nitrogens with zero attached hydrogens (tertiary/aromatic N) is 2. The number of carbonyl (C=O) groups excluding carboxylic acids is 1. The highest BCUT2D eigenvalue weighted by Gasteiger charge is 2.34. The standard InChI is InChI=1S/C13H18N4O/c1-8-6-15-12(7-14-8)13(18)17-11-4-9-2-3-10(5-11)16-9/h6-7,9-11,16H,2-5H2,1H3,(H,17,18). The lowest BCUT2D eigenvalue weighted by atomic mass is 10.00. The van der Waals surface area contributed by atoms with Gasteiger partial charge in [0, 0.05) is 24.3 Å². The number of aromatic nitrogens is 2. The second-order valence-electron chi connectivity index (χ2n) is 5.32. The molecule has 5 nitrogen and oxygen atoms in total. The van der Waals surface area contributed by atoms with Gasteiger partial charge in [-0.05, 0) is 32.6 Å². The minimum absolute atomic E-state index is 0.103. The van der Waals surface area contributed by atoms with E-state index in [2.05, 4.69) is 20.6 Å². The lowest BCUT2D eigenvalue weighted by Crippen LogP contribution is -2.48. The second-order valence-corrected chi connectivity index (χ2v) is 5.32. The Bertz CT molecular complexity index is 433. The third-order valence-electron chi connectivity index (χ3n) is 3.82. The molecule has 2 unspecified atom stereocenters. The Morgan fingerprint density at radius 1 is 1.28 bits per heavy atom. The molecule has 1 amide bonds. The van der Waals surface area contributed by atoms with Crippen LogP contribution in [0.25, 0.3) is 0 Å². The topological polar surface area (TPSA) is 66.9 Å². The van der Waals surface area contributed by atoms with E-state index in [1.807, 2.05) is 6.92 Å². The van der Waals surface area contributed by atoms with Gasteiger partial charge in [-0.25, -0.2) is 4.98 Å². The molecule has 0 spiro atoms. The number of amides is 1. The lowest BCUT2D eigenvalue weighted by molar-refractivity contribution is 0.0918. The third-order valence-corrected chi connectivity index (χ3v) is 3.82. The van der Waals surface area contributed by atoms with E-state index >= 15 is 0 Å². The number of nitrogens with one attached hydrogen (secondary N) is 2. The summed E-state index contributed by atoms with van der Waals surface area (Å²) < 4.78 is 0. The fraction of sp³-hybridized carbons (Fsp3) is 0.615. The summed E-state index contributed by atoms with van der Waals surface area (Å²) >= 11 is 0. The van der Waals surface area contributed by atoms with Gasteiger partial charge in [-0.1, -0.05) is 0 Å². The molecule has 2 fully saturated rings. The van der Waals surface area contributed by atoms with Gasteiger partial charge in [0.2, 0.25) is 0 Å². The zero-order valence-electron chi connectivity index (χ0n) is 10.5. The van der Waals surface area contributed by atoms with Crippen LogP contribution in [0.1, 0.15) is 41.9 Å². The van der Waals surface area contributed by atoms with Gasteiger partial charge in [0.1, 0.15) is 5.69 Å². The Labute approximate surface area is 106 Å². The summed E-state index contributed by atoms with van der Waals surface area (Å²) in [5, 5.41) is 6.64. The predicted molar refractivity (Wildman–Crippen MR) is 67.2 cm³/mol. The van der Waals surface area contributed by atoms with Crippen molar-refractivity contribution in [2.45, 2.75) is 50.7 Å². The van der Waals surface area contributed by atoms with Crippen molar-refractivity contribution in [3.8, 4) is 0 Å². The Balaban J connectivity index is 1.62. The smallest absolute Gasteiger partial charge is 0.271 e. The SMILES string of the molecule is Cc1cnc(C(=O)NC2CC3CCC(C2)N3)cn1. The molecular formula is C13H18N4O. The first-order chi connectivity index (χ1) is 8.70. The van der Waals surface area contributed by atoms with Gasteiger partial charge in [0.05, 0.1) is 11.9 Å². The average molecular weight is 246 g/mol. The molecule has 18 heavy (non-hydrogen) atoms. The summed E-state index contributed by atoms with van der Waals surface area (Å²) in [7, 11) is 0. The number of hydrogen-bond acceptors (Lipinski definition) is 4. The normalized spacial score (nSPS) is 30.2. The maximum atomic E-state index is 12.0. The molecule has 5 heteroatoms. The molecular weight excluding hydrogens is 228 g/mol. The summed E-state index contributed by atoms with van der Waals surface area (Å²) in [5.41, 5.74) is 1.23. The number of fused-ring (bicyclic) bond motifs is 2. The van der Waals surface area contributed by atoms with E-state index < -0.39 is 0 Å². The van der Waals surface area contributed by atoms with Crippen LogP contribution in [0.15, 0.2) is 12.4 Å². The fourth-order valence-electron chi connectivity index (χ4n) is 2.94. The van der Waals surface area contributed by atoms with Crippen molar-refractivity contribution in [1.82, 2.24) is 20.6 Å². The molecule has 3 heterocycles. The van der Waals surface area contributed by atoms with Gasteiger partial charge in [-0.15, -0.1) is 0 Å². The van der Waals surface area contributed by atoms with Crippen LogP contribution in [0, 0.1) is 6.92 Å². The molecule has 0 radical (unpaired) electrons. The molecule has 3 rings (SSSR count). The summed E-state index contributed by atoms with van der Waals surface area (Å²) in [6.45, 7) is 1.86. The monoisotopic (exact) mass is 246 g/mol. The van der Waals surface area contributed by atoms with Crippen molar-refractivity contribution >= 4 is 5.91 Å². The van der Waals surface area contributed by atoms with Gasteiger partial charge < -0.3 is 10.6 Å². The molecule has 2 aliphatic heterocycles. The highest BCUT2D eigenvalue weighted by atomic mass is 16.1. The molecule has 2 aliphatic rings. The minimum Gasteiger partial charge on any atom is -0.348 e. The first kappa shape index (κ1) is 11.6. The lowest BCUT2D eigenvalue weighted by Gasteiger charge is -2.29. The van der Waals surface area contributed by atoms with E-state index in [1.54, 1.807) is 12.4 Å². The summed E-state index contributed by atoms with van der Waals surface area (Å²) in [6, 6.07) is 1.44. The molecule has 2 saturated heterocycles. The zero-order chi connectivity index (χ0) is 12.5. The molecule has 96 valence electrons. The van der Waals surface area contributed by atoms with E-state index in [0.29, 0.717) is 17.8 Å². The van der Waals surface area contributed by atoms with Crippen LogP contribution in [-0.4, -0.2) is 34.0 Å². The summed E-state index contributed by atoms with van der Waals surface area (Å²) in [5.74, 6) is -0.103. The Morgan fingerprint density at radius 2 is 2.00 bits per heavy atom. The molecule has 0 saturated carbocycles. The fourth-order valence-corrected chi connectivity index (χ4v) is 2.94. The number of rotatable bonds is 2. The van der Waals surface area contributed by atoms with Crippen LogP contribution in [0.3, 0.4) is 0 Å². The van der Waals surface area contributed by atoms with E-state index in [4.69, 9.17) is 0 Å². The Hall–Kier alpha value is -1.49. The van der Waals surface area contributed by atoms with Crippen LogP contribution in [0.5, 0.6) is 0 Å². The number of piperidine rings is 1. The highest BCUT2D eigenvalue weighted by Crippen LogP contribution is 2.26. The van der Waals surface area contributed by atoms with Crippen molar-refractivity contribution in [2.24, 2.45) is 0 Å². The van der Waals surface area contributed by atoms with Crippen LogP contribution >= 0.6 is 0 Å². The first-order valence-electron chi connectivity index (χ1n) is 6.56. The van der Waals surface area contributed by atoms with Gasteiger partial charge >= 0.3 is 0 Å². The van der Waals surface area contributed by atoms with E-state index in [0.717, 1.165) is 18.5 Å². The Morgan fingerprint density at radius 3 is 2.61 bits per heavy atom. The molecule has 0 aliphatic carbocycles. The number of aryl methyl sites for hydroxylation is 1. The third kappa shape index (κ3) is 2.36. The van der Waals surface area contributed by atoms with Gasteiger partial charge in [-0.2, -0.15) is 0 Å². The van der Waals surface area contributed by atoms with Crippen LogP contribution < -0.4 is 10.6 Å². The van der Waals surface area contributed by atoms with Crippen molar-refractivity contribution in [2.75, 3.05) is 0 Å². The average Bonchev–Trinajstić information content (AvgIpc) is 2.69. The maximum absolute atomic E-state index is 12.0. The van der Waals surface area contributed by atoms with Crippen molar-refractivity contribution in [3.05, 3.63) is 23.8 Å². The number of carbonyl (C=O) groups is 1. The van der Waals surface area contributed by atoms with Crippen molar-refractivity contribution in [1.29, 1.82) is 0 Å².